The molecular formula is C14H16FNO3. The summed E-state index contributed by atoms with van der Waals surface area (Å²) in [7, 11) is 0. The lowest BCUT2D eigenvalue weighted by atomic mass is 10.1. The van der Waals surface area contributed by atoms with Gasteiger partial charge in [-0.15, -0.1) is 0 Å². The zero-order valence-electron chi connectivity index (χ0n) is 10.8. The van der Waals surface area contributed by atoms with Gasteiger partial charge in [0.25, 0.3) is 5.91 Å². The van der Waals surface area contributed by atoms with Crippen molar-refractivity contribution in [3.8, 4) is 0 Å². The van der Waals surface area contributed by atoms with Gasteiger partial charge in [-0.1, -0.05) is 13.0 Å². The Balaban J connectivity index is 2.97. The number of carboxylic acids is 1. The summed E-state index contributed by atoms with van der Waals surface area (Å²) < 4.78 is 13.6. The van der Waals surface area contributed by atoms with Crippen molar-refractivity contribution in [2.75, 3.05) is 0 Å². The summed E-state index contributed by atoms with van der Waals surface area (Å²) in [6.07, 6.45) is 2.98. The van der Waals surface area contributed by atoms with Crippen molar-refractivity contribution in [2.24, 2.45) is 0 Å². The highest BCUT2D eigenvalue weighted by atomic mass is 19.1. The van der Waals surface area contributed by atoms with Crippen molar-refractivity contribution in [2.45, 2.75) is 26.3 Å². The molecule has 0 radical (unpaired) electrons. The van der Waals surface area contributed by atoms with E-state index in [1.54, 1.807) is 0 Å². The van der Waals surface area contributed by atoms with Gasteiger partial charge < -0.3 is 10.4 Å². The molecule has 0 heterocycles. The van der Waals surface area contributed by atoms with E-state index in [2.05, 4.69) is 5.32 Å². The average molecular weight is 265 g/mol. The lowest BCUT2D eigenvalue weighted by Crippen LogP contribution is -2.32. The van der Waals surface area contributed by atoms with Crippen LogP contribution in [0.5, 0.6) is 0 Å². The summed E-state index contributed by atoms with van der Waals surface area (Å²) in [6, 6.07) is 3.83. The minimum atomic E-state index is -1.10. The molecule has 1 aromatic carbocycles. The molecule has 0 aliphatic rings. The van der Waals surface area contributed by atoms with Gasteiger partial charge >= 0.3 is 5.97 Å². The Labute approximate surface area is 110 Å². The van der Waals surface area contributed by atoms with Gasteiger partial charge in [0.1, 0.15) is 5.82 Å². The molecule has 5 heteroatoms. The molecule has 0 saturated heterocycles. The predicted molar refractivity (Wildman–Crippen MR) is 70.3 cm³/mol. The SMILES string of the molecule is CCC(C)NC(=O)c1cc(C=CC(=O)O)ccc1F. The number of halogens is 1. The molecule has 4 nitrogen and oxygen atoms in total. The first-order chi connectivity index (χ1) is 8.93. The number of carbonyl (C=O) groups excluding carboxylic acids is 1. The topological polar surface area (TPSA) is 66.4 Å². The summed E-state index contributed by atoms with van der Waals surface area (Å²) in [4.78, 5) is 22.2. The molecule has 0 spiro atoms. The van der Waals surface area contributed by atoms with Gasteiger partial charge in [-0.25, -0.2) is 9.18 Å². The van der Waals surface area contributed by atoms with Crippen LogP contribution in [0.2, 0.25) is 0 Å². The minimum Gasteiger partial charge on any atom is -0.478 e. The fourth-order valence-corrected chi connectivity index (χ4v) is 1.39. The summed E-state index contributed by atoms with van der Waals surface area (Å²) in [5.41, 5.74) is 0.367. The van der Waals surface area contributed by atoms with E-state index in [1.165, 1.54) is 18.2 Å². The van der Waals surface area contributed by atoms with Crippen LogP contribution in [0.25, 0.3) is 6.08 Å². The number of aliphatic carboxylic acids is 1. The normalized spacial score (nSPS) is 12.4. The van der Waals surface area contributed by atoms with E-state index < -0.39 is 17.7 Å². The molecule has 1 rings (SSSR count). The van der Waals surface area contributed by atoms with E-state index >= 15 is 0 Å². The molecule has 102 valence electrons. The van der Waals surface area contributed by atoms with Gasteiger partial charge in [-0.2, -0.15) is 0 Å². The first-order valence-electron chi connectivity index (χ1n) is 5.95. The fourth-order valence-electron chi connectivity index (χ4n) is 1.39. The maximum absolute atomic E-state index is 13.6. The van der Waals surface area contributed by atoms with E-state index in [9.17, 15) is 14.0 Å². The Morgan fingerprint density at radius 1 is 1.47 bits per heavy atom. The van der Waals surface area contributed by atoms with Gasteiger partial charge in [0.15, 0.2) is 0 Å². The van der Waals surface area contributed by atoms with Gasteiger partial charge in [0.2, 0.25) is 0 Å². The Morgan fingerprint density at radius 2 is 2.16 bits per heavy atom. The number of amides is 1. The van der Waals surface area contributed by atoms with E-state index in [0.717, 1.165) is 18.6 Å². The molecule has 1 unspecified atom stereocenters. The van der Waals surface area contributed by atoms with Gasteiger partial charge in [0.05, 0.1) is 5.56 Å². The Kier molecular flexibility index (Phi) is 5.23. The highest BCUT2D eigenvalue weighted by molar-refractivity contribution is 5.95. The Bertz CT molecular complexity index is 511. The predicted octanol–water partition coefficient (Wildman–Crippen LogP) is 2.45. The molecule has 0 aliphatic heterocycles. The van der Waals surface area contributed by atoms with Crippen LogP contribution in [0.3, 0.4) is 0 Å². The lowest BCUT2D eigenvalue weighted by Gasteiger charge is -2.12. The third-order valence-corrected chi connectivity index (χ3v) is 2.64. The minimum absolute atomic E-state index is 0.0508. The van der Waals surface area contributed by atoms with Crippen LogP contribution in [-0.2, 0) is 4.79 Å². The standard InChI is InChI=1S/C14H16FNO3/c1-3-9(2)16-14(19)11-8-10(4-6-12(11)15)5-7-13(17)18/h4-9H,3H2,1-2H3,(H,16,19)(H,17,18). The van der Waals surface area contributed by atoms with Crippen LogP contribution in [0.1, 0.15) is 36.2 Å². The van der Waals surface area contributed by atoms with Crippen LogP contribution >= 0.6 is 0 Å². The van der Waals surface area contributed by atoms with Gasteiger partial charge in [-0.3, -0.25) is 4.79 Å². The van der Waals surface area contributed by atoms with Crippen molar-refractivity contribution in [1.29, 1.82) is 0 Å². The highest BCUT2D eigenvalue weighted by Crippen LogP contribution is 2.12. The molecule has 1 amide bonds. The fraction of sp³-hybridized carbons (Fsp3) is 0.286. The molecular weight excluding hydrogens is 249 g/mol. The number of carbonyl (C=O) groups is 2. The van der Waals surface area contributed by atoms with Crippen LogP contribution in [0.15, 0.2) is 24.3 Å². The zero-order chi connectivity index (χ0) is 14.4. The molecule has 1 aromatic rings. The van der Waals surface area contributed by atoms with Crippen molar-refractivity contribution in [1.82, 2.24) is 5.32 Å². The molecule has 1 atom stereocenters. The van der Waals surface area contributed by atoms with Gasteiger partial charge in [0, 0.05) is 12.1 Å². The van der Waals surface area contributed by atoms with Crippen molar-refractivity contribution < 1.29 is 19.1 Å². The van der Waals surface area contributed by atoms with E-state index in [0.29, 0.717) is 5.56 Å². The van der Waals surface area contributed by atoms with E-state index in [1.807, 2.05) is 13.8 Å². The number of carboxylic acid groups (broad SMARTS) is 1. The number of hydrogen-bond donors (Lipinski definition) is 2. The van der Waals surface area contributed by atoms with Crippen molar-refractivity contribution in [3.63, 3.8) is 0 Å². The van der Waals surface area contributed by atoms with Crippen LogP contribution in [0, 0.1) is 5.82 Å². The second kappa shape index (κ2) is 6.68. The summed E-state index contributed by atoms with van der Waals surface area (Å²) >= 11 is 0. The first kappa shape index (κ1) is 14.9. The average Bonchev–Trinajstić information content (AvgIpc) is 2.37. The molecule has 19 heavy (non-hydrogen) atoms. The van der Waals surface area contributed by atoms with Crippen LogP contribution < -0.4 is 5.32 Å². The maximum Gasteiger partial charge on any atom is 0.328 e. The zero-order valence-corrected chi connectivity index (χ0v) is 10.8. The third kappa shape index (κ3) is 4.54. The van der Waals surface area contributed by atoms with Gasteiger partial charge in [-0.05, 0) is 37.1 Å². The molecule has 0 fully saturated rings. The Morgan fingerprint density at radius 3 is 2.74 bits per heavy atom. The molecule has 0 saturated carbocycles. The van der Waals surface area contributed by atoms with Crippen molar-refractivity contribution in [3.05, 3.63) is 41.2 Å². The molecule has 0 aromatic heterocycles. The molecule has 0 aliphatic carbocycles. The second-order valence-electron chi connectivity index (χ2n) is 4.19. The van der Waals surface area contributed by atoms with Crippen LogP contribution in [0.4, 0.5) is 4.39 Å². The first-order valence-corrected chi connectivity index (χ1v) is 5.95. The van der Waals surface area contributed by atoms with Crippen LogP contribution in [-0.4, -0.2) is 23.0 Å². The second-order valence-corrected chi connectivity index (χ2v) is 4.19. The molecule has 2 N–H and O–H groups in total. The number of hydrogen-bond acceptors (Lipinski definition) is 2. The third-order valence-electron chi connectivity index (χ3n) is 2.64. The number of rotatable bonds is 5. The highest BCUT2D eigenvalue weighted by Gasteiger charge is 2.13. The molecule has 0 bridgehead atoms. The van der Waals surface area contributed by atoms with Crippen molar-refractivity contribution >= 4 is 18.0 Å². The largest absolute Gasteiger partial charge is 0.478 e. The smallest absolute Gasteiger partial charge is 0.328 e. The number of nitrogens with one attached hydrogen (secondary N) is 1. The quantitative estimate of drug-likeness (QED) is 0.804. The maximum atomic E-state index is 13.6. The summed E-state index contributed by atoms with van der Waals surface area (Å²) in [5, 5.41) is 11.2. The monoisotopic (exact) mass is 265 g/mol. The lowest BCUT2D eigenvalue weighted by molar-refractivity contribution is -0.131. The van der Waals surface area contributed by atoms with E-state index in [-0.39, 0.29) is 11.6 Å². The number of benzene rings is 1. The summed E-state index contributed by atoms with van der Waals surface area (Å²) in [5.74, 6) is -2.24. The Hall–Kier alpha value is -2.17. The van der Waals surface area contributed by atoms with E-state index in [4.69, 9.17) is 5.11 Å². The summed E-state index contributed by atoms with van der Waals surface area (Å²) in [6.45, 7) is 3.73.